The van der Waals surface area contributed by atoms with Gasteiger partial charge in [-0.15, -0.1) is 0 Å². The molecule has 1 aromatic carbocycles. The lowest BCUT2D eigenvalue weighted by Gasteiger charge is -2.21. The van der Waals surface area contributed by atoms with Crippen LogP contribution in [0.15, 0.2) is 18.2 Å². The fraction of sp³-hybridized carbons (Fsp3) is 0.400. The summed E-state index contributed by atoms with van der Waals surface area (Å²) in [6.45, 7) is 0.255. The van der Waals surface area contributed by atoms with Crippen LogP contribution < -0.4 is 5.32 Å². The quantitative estimate of drug-likeness (QED) is 0.802. The summed E-state index contributed by atoms with van der Waals surface area (Å²) in [6.07, 6.45) is -4.69. The Morgan fingerprint density at radius 1 is 1.38 bits per heavy atom. The van der Waals surface area contributed by atoms with Crippen LogP contribution in [0.1, 0.15) is 17.2 Å². The van der Waals surface area contributed by atoms with Gasteiger partial charge in [0.15, 0.2) is 0 Å². The molecule has 1 atom stereocenters. The van der Waals surface area contributed by atoms with Crippen LogP contribution >= 0.6 is 0 Å². The summed E-state index contributed by atoms with van der Waals surface area (Å²) in [5, 5.41) is 2.70. The van der Waals surface area contributed by atoms with Crippen molar-refractivity contribution in [2.45, 2.75) is 12.2 Å². The molecule has 0 saturated carbocycles. The highest BCUT2D eigenvalue weighted by atomic mass is 19.4. The molecule has 0 unspecified atom stereocenters. The van der Waals surface area contributed by atoms with Crippen molar-refractivity contribution in [3.05, 3.63) is 40.9 Å². The molecule has 0 saturated heterocycles. The molecule has 1 rings (SSSR count). The van der Waals surface area contributed by atoms with Crippen molar-refractivity contribution in [3.63, 3.8) is 0 Å². The highest BCUT2D eigenvalue weighted by Crippen LogP contribution is 2.32. The Kier molecular flexibility index (Phi) is 3.88. The smallest absolute Gasteiger partial charge is 0.419 e. The van der Waals surface area contributed by atoms with E-state index in [2.05, 4.69) is 5.32 Å². The van der Waals surface area contributed by atoms with Crippen LogP contribution in [0.3, 0.4) is 0 Å². The fourth-order valence-electron chi connectivity index (χ4n) is 1.30. The van der Waals surface area contributed by atoms with E-state index in [4.69, 9.17) is 5.73 Å². The second-order valence-corrected chi connectivity index (χ2v) is 3.35. The highest BCUT2D eigenvalue weighted by Gasteiger charge is 2.33. The molecular weight excluding hydrogens is 224 g/mol. The first-order valence-electron chi connectivity index (χ1n) is 4.58. The summed E-state index contributed by atoms with van der Waals surface area (Å²) in [4.78, 5) is 0. The highest BCUT2D eigenvalue weighted by molar-refractivity contribution is 5.29. The third-order valence-corrected chi connectivity index (χ3v) is 2.11. The van der Waals surface area contributed by atoms with E-state index in [9.17, 15) is 17.6 Å². The van der Waals surface area contributed by atoms with Crippen molar-refractivity contribution < 1.29 is 17.6 Å². The summed E-state index contributed by atoms with van der Waals surface area (Å²) < 4.78 is 49.8. The number of rotatable bonds is 3. The SMILES string of the molecule is CNC[C@@H]([NH-])c1ccc(C(F)(F)F)c(F)c1. The number of hydrogen-bond donors (Lipinski definition) is 1. The Hall–Kier alpha value is -1.14. The molecule has 0 aliphatic heterocycles. The minimum Gasteiger partial charge on any atom is -0.670 e. The first kappa shape index (κ1) is 12.9. The molecule has 0 heterocycles. The second-order valence-electron chi connectivity index (χ2n) is 3.35. The number of halogens is 4. The Morgan fingerprint density at radius 2 is 2.00 bits per heavy atom. The molecule has 16 heavy (non-hydrogen) atoms. The number of nitrogens with one attached hydrogen (secondary N) is 2. The van der Waals surface area contributed by atoms with Crippen molar-refractivity contribution in [1.29, 1.82) is 0 Å². The second kappa shape index (κ2) is 4.80. The molecule has 0 aromatic heterocycles. The lowest BCUT2D eigenvalue weighted by molar-refractivity contribution is -0.140. The normalized spacial score (nSPS) is 13.9. The van der Waals surface area contributed by atoms with Crippen molar-refractivity contribution in [2.24, 2.45) is 0 Å². The lowest BCUT2D eigenvalue weighted by atomic mass is 10.0. The van der Waals surface area contributed by atoms with Crippen molar-refractivity contribution in [1.82, 2.24) is 5.32 Å². The predicted molar refractivity (Wildman–Crippen MR) is 52.4 cm³/mol. The maximum Gasteiger partial charge on any atom is 0.419 e. The van der Waals surface area contributed by atoms with E-state index in [0.717, 1.165) is 12.1 Å². The van der Waals surface area contributed by atoms with Crippen LogP contribution in [0.4, 0.5) is 17.6 Å². The van der Waals surface area contributed by atoms with Crippen LogP contribution in [0.2, 0.25) is 0 Å². The van der Waals surface area contributed by atoms with Crippen LogP contribution in [-0.4, -0.2) is 13.6 Å². The predicted octanol–water partition coefficient (Wildman–Crippen LogP) is 3.16. The molecule has 2 N–H and O–H groups in total. The van der Waals surface area contributed by atoms with Gasteiger partial charge >= 0.3 is 6.18 Å². The number of hydrogen-bond acceptors (Lipinski definition) is 1. The van der Waals surface area contributed by atoms with E-state index in [1.807, 2.05) is 0 Å². The van der Waals surface area contributed by atoms with E-state index in [-0.39, 0.29) is 12.1 Å². The van der Waals surface area contributed by atoms with Gasteiger partial charge in [0.25, 0.3) is 0 Å². The Bertz CT molecular complexity index is 362. The number of likely N-dealkylation sites (N-methyl/N-ethyl adjacent to an activating group) is 1. The van der Waals surface area contributed by atoms with Gasteiger partial charge in [0, 0.05) is 0 Å². The van der Waals surface area contributed by atoms with Crippen LogP contribution in [-0.2, 0) is 6.18 Å². The third-order valence-electron chi connectivity index (χ3n) is 2.11. The van der Waals surface area contributed by atoms with Crippen LogP contribution in [0.5, 0.6) is 0 Å². The third kappa shape index (κ3) is 2.93. The topological polar surface area (TPSA) is 35.8 Å². The molecule has 0 bridgehead atoms. The molecule has 0 fully saturated rings. The maximum absolute atomic E-state index is 13.1. The van der Waals surface area contributed by atoms with Crippen molar-refractivity contribution in [2.75, 3.05) is 13.6 Å². The van der Waals surface area contributed by atoms with Crippen LogP contribution in [0.25, 0.3) is 5.73 Å². The fourth-order valence-corrected chi connectivity index (χ4v) is 1.30. The number of benzene rings is 1. The van der Waals surface area contributed by atoms with E-state index in [0.29, 0.717) is 6.07 Å². The molecule has 0 amide bonds. The molecular formula is C10H11F4N2-. The summed E-state index contributed by atoms with van der Waals surface area (Å²) in [6, 6.07) is 1.78. The Labute approximate surface area is 90.4 Å². The average molecular weight is 235 g/mol. The summed E-state index contributed by atoms with van der Waals surface area (Å²) in [5.74, 6) is -1.33. The first-order chi connectivity index (χ1) is 7.36. The molecule has 6 heteroatoms. The van der Waals surface area contributed by atoms with Gasteiger partial charge in [-0.05, 0) is 25.7 Å². The minimum atomic E-state index is -4.69. The summed E-state index contributed by atoms with van der Waals surface area (Å²) in [5.41, 5.74) is 6.45. The van der Waals surface area contributed by atoms with Gasteiger partial charge in [-0.2, -0.15) is 13.2 Å². The maximum atomic E-state index is 13.1. The van der Waals surface area contributed by atoms with E-state index in [1.54, 1.807) is 7.05 Å². The summed E-state index contributed by atoms with van der Waals surface area (Å²) >= 11 is 0. The van der Waals surface area contributed by atoms with E-state index < -0.39 is 23.6 Å². The van der Waals surface area contributed by atoms with Gasteiger partial charge in [0.1, 0.15) is 5.82 Å². The lowest BCUT2D eigenvalue weighted by Crippen LogP contribution is -2.15. The van der Waals surface area contributed by atoms with Gasteiger partial charge in [-0.1, -0.05) is 17.7 Å². The molecule has 0 spiro atoms. The zero-order valence-electron chi connectivity index (χ0n) is 8.53. The molecule has 0 aliphatic carbocycles. The first-order valence-corrected chi connectivity index (χ1v) is 4.58. The Balaban J connectivity index is 3.00. The average Bonchev–Trinajstić information content (AvgIpc) is 2.16. The number of alkyl halides is 3. The molecule has 90 valence electrons. The van der Waals surface area contributed by atoms with Gasteiger partial charge in [-0.3, -0.25) is 0 Å². The van der Waals surface area contributed by atoms with Gasteiger partial charge in [0.05, 0.1) is 5.56 Å². The standard InChI is InChI=1S/C10H11F4N2/c1-16-5-9(15)6-2-3-7(8(11)4-6)10(12,13)14/h2-4,9,15-16H,5H2,1H3/q-1/t9-/m1/s1. The van der Waals surface area contributed by atoms with Gasteiger partial charge in [0.2, 0.25) is 0 Å². The Morgan fingerprint density at radius 3 is 2.44 bits per heavy atom. The molecule has 0 aliphatic rings. The largest absolute Gasteiger partial charge is 0.670 e. The zero-order chi connectivity index (χ0) is 12.3. The van der Waals surface area contributed by atoms with Gasteiger partial charge < -0.3 is 11.1 Å². The monoisotopic (exact) mass is 235 g/mol. The summed E-state index contributed by atoms with van der Waals surface area (Å²) in [7, 11) is 1.61. The van der Waals surface area contributed by atoms with Gasteiger partial charge in [-0.25, -0.2) is 4.39 Å². The molecule has 1 aromatic rings. The molecule has 0 radical (unpaired) electrons. The minimum absolute atomic E-state index is 0.222. The van der Waals surface area contributed by atoms with Crippen LogP contribution in [0, 0.1) is 5.82 Å². The van der Waals surface area contributed by atoms with Crippen molar-refractivity contribution >= 4 is 0 Å². The zero-order valence-corrected chi connectivity index (χ0v) is 8.53. The van der Waals surface area contributed by atoms with E-state index in [1.165, 1.54) is 0 Å². The molecule has 2 nitrogen and oxygen atoms in total. The van der Waals surface area contributed by atoms with Crippen molar-refractivity contribution in [3.8, 4) is 0 Å². The van der Waals surface area contributed by atoms with E-state index >= 15 is 0 Å².